The second kappa shape index (κ2) is 11.9. The van der Waals surface area contributed by atoms with Crippen LogP contribution >= 0.6 is 11.6 Å². The first-order valence-electron chi connectivity index (χ1n) is 10.8. The van der Waals surface area contributed by atoms with Crippen LogP contribution in [-0.4, -0.2) is 26.4 Å². The molecule has 0 saturated heterocycles. The SMILES string of the molecule is CC(C)OC(=O)Nc1cccc(Cl)c1.COc1c(-c2ccccc2)oc2c(OC)cccc2c1=O. The van der Waals surface area contributed by atoms with Crippen molar-refractivity contribution in [3.05, 3.63) is 88.0 Å². The van der Waals surface area contributed by atoms with Crippen molar-refractivity contribution in [2.75, 3.05) is 19.5 Å². The first-order chi connectivity index (χ1) is 16.8. The van der Waals surface area contributed by atoms with E-state index in [0.29, 0.717) is 33.2 Å². The molecule has 8 heteroatoms. The number of methoxy groups -OCH3 is 2. The van der Waals surface area contributed by atoms with Crippen molar-refractivity contribution in [1.82, 2.24) is 0 Å². The minimum Gasteiger partial charge on any atom is -0.493 e. The Bertz CT molecular complexity index is 1350. The van der Waals surface area contributed by atoms with E-state index < -0.39 is 6.09 Å². The predicted molar refractivity (Wildman–Crippen MR) is 138 cm³/mol. The number of carbonyl (C=O) groups excluding carboxylic acids is 1. The van der Waals surface area contributed by atoms with Gasteiger partial charge in [0, 0.05) is 16.3 Å². The molecule has 0 fully saturated rings. The smallest absolute Gasteiger partial charge is 0.411 e. The van der Waals surface area contributed by atoms with Gasteiger partial charge in [-0.15, -0.1) is 0 Å². The molecule has 35 heavy (non-hydrogen) atoms. The molecule has 182 valence electrons. The minimum atomic E-state index is -0.470. The molecule has 0 radical (unpaired) electrons. The summed E-state index contributed by atoms with van der Waals surface area (Å²) in [5.74, 6) is 1.12. The summed E-state index contributed by atoms with van der Waals surface area (Å²) in [6, 6.07) is 21.5. The van der Waals surface area contributed by atoms with E-state index >= 15 is 0 Å². The van der Waals surface area contributed by atoms with Gasteiger partial charge in [-0.1, -0.05) is 54.1 Å². The van der Waals surface area contributed by atoms with Gasteiger partial charge < -0.3 is 18.6 Å². The summed E-state index contributed by atoms with van der Waals surface area (Å²) in [7, 11) is 3.01. The molecule has 0 spiro atoms. The fourth-order valence-corrected chi connectivity index (χ4v) is 3.42. The quantitative estimate of drug-likeness (QED) is 0.328. The molecular weight excluding hydrogens is 470 g/mol. The molecule has 0 aliphatic heterocycles. The number of nitrogens with one attached hydrogen (secondary N) is 1. The molecule has 4 rings (SSSR count). The lowest BCUT2D eigenvalue weighted by atomic mass is 10.1. The molecule has 0 unspecified atom stereocenters. The third-order valence-corrected chi connectivity index (χ3v) is 4.95. The molecule has 0 atom stereocenters. The van der Waals surface area contributed by atoms with Crippen molar-refractivity contribution in [1.29, 1.82) is 0 Å². The van der Waals surface area contributed by atoms with Gasteiger partial charge in [0.05, 0.1) is 25.7 Å². The van der Waals surface area contributed by atoms with Crippen LogP contribution < -0.4 is 20.2 Å². The largest absolute Gasteiger partial charge is 0.493 e. The zero-order valence-corrected chi connectivity index (χ0v) is 20.6. The molecule has 1 amide bonds. The number of ether oxygens (including phenoxy) is 3. The van der Waals surface area contributed by atoms with E-state index in [1.54, 1.807) is 63.4 Å². The van der Waals surface area contributed by atoms with E-state index in [0.717, 1.165) is 5.56 Å². The van der Waals surface area contributed by atoms with Gasteiger partial charge in [0.25, 0.3) is 0 Å². The van der Waals surface area contributed by atoms with Gasteiger partial charge in [-0.05, 0) is 44.2 Å². The predicted octanol–water partition coefficient (Wildman–Crippen LogP) is 6.77. The number of para-hydroxylation sites is 1. The summed E-state index contributed by atoms with van der Waals surface area (Å²) in [6.07, 6.45) is -0.601. The molecule has 0 saturated carbocycles. The third kappa shape index (κ3) is 6.55. The summed E-state index contributed by atoms with van der Waals surface area (Å²) in [5.41, 5.74) is 1.61. The molecule has 3 aromatic carbocycles. The monoisotopic (exact) mass is 495 g/mol. The van der Waals surface area contributed by atoms with Crippen LogP contribution in [0.25, 0.3) is 22.3 Å². The van der Waals surface area contributed by atoms with Crippen molar-refractivity contribution in [2.45, 2.75) is 20.0 Å². The van der Waals surface area contributed by atoms with Crippen molar-refractivity contribution >= 4 is 34.4 Å². The normalized spacial score (nSPS) is 10.3. The van der Waals surface area contributed by atoms with E-state index in [1.165, 1.54) is 7.11 Å². The molecule has 0 aliphatic rings. The number of hydrogen-bond acceptors (Lipinski definition) is 6. The van der Waals surface area contributed by atoms with Gasteiger partial charge in [0.2, 0.25) is 11.2 Å². The van der Waals surface area contributed by atoms with Crippen molar-refractivity contribution < 1.29 is 23.4 Å². The van der Waals surface area contributed by atoms with Gasteiger partial charge in [0.1, 0.15) is 0 Å². The van der Waals surface area contributed by atoms with Gasteiger partial charge in [-0.2, -0.15) is 0 Å². The van der Waals surface area contributed by atoms with Crippen molar-refractivity contribution in [3.63, 3.8) is 0 Å². The first-order valence-corrected chi connectivity index (χ1v) is 11.2. The van der Waals surface area contributed by atoms with E-state index in [2.05, 4.69) is 5.32 Å². The van der Waals surface area contributed by atoms with E-state index in [-0.39, 0.29) is 17.3 Å². The van der Waals surface area contributed by atoms with Crippen molar-refractivity contribution in [3.8, 4) is 22.8 Å². The van der Waals surface area contributed by atoms with Crippen LogP contribution in [0.4, 0.5) is 10.5 Å². The molecule has 0 bridgehead atoms. The summed E-state index contributed by atoms with van der Waals surface area (Å²) in [4.78, 5) is 23.7. The molecular formula is C27H26ClNO6. The van der Waals surface area contributed by atoms with E-state index in [9.17, 15) is 9.59 Å². The lowest BCUT2D eigenvalue weighted by Gasteiger charge is -2.10. The topological polar surface area (TPSA) is 87.0 Å². The second-order valence-electron chi connectivity index (χ2n) is 7.59. The lowest BCUT2D eigenvalue weighted by Crippen LogP contribution is -2.17. The average Bonchev–Trinajstić information content (AvgIpc) is 2.84. The number of amides is 1. The van der Waals surface area contributed by atoms with Crippen LogP contribution in [-0.2, 0) is 4.74 Å². The van der Waals surface area contributed by atoms with Crippen LogP contribution in [0, 0.1) is 0 Å². The summed E-state index contributed by atoms with van der Waals surface area (Å²) >= 11 is 5.74. The van der Waals surface area contributed by atoms with Crippen LogP contribution in [0.15, 0.2) is 82.0 Å². The Morgan fingerprint density at radius 2 is 1.66 bits per heavy atom. The highest BCUT2D eigenvalue weighted by Gasteiger charge is 2.18. The molecule has 0 aliphatic carbocycles. The van der Waals surface area contributed by atoms with Crippen LogP contribution in [0.1, 0.15) is 13.8 Å². The Hall–Kier alpha value is -3.97. The zero-order valence-electron chi connectivity index (χ0n) is 19.8. The maximum Gasteiger partial charge on any atom is 0.411 e. The maximum absolute atomic E-state index is 12.6. The number of carbonyl (C=O) groups is 1. The molecule has 1 heterocycles. The Morgan fingerprint density at radius 1 is 0.943 bits per heavy atom. The highest BCUT2D eigenvalue weighted by Crippen LogP contribution is 2.33. The minimum absolute atomic E-state index is 0.130. The van der Waals surface area contributed by atoms with Gasteiger partial charge in [0.15, 0.2) is 17.1 Å². The highest BCUT2D eigenvalue weighted by molar-refractivity contribution is 6.30. The molecule has 1 aromatic heterocycles. The number of hydrogen-bond donors (Lipinski definition) is 1. The lowest BCUT2D eigenvalue weighted by molar-refractivity contribution is 0.130. The van der Waals surface area contributed by atoms with E-state index in [1.807, 2.05) is 30.3 Å². The van der Waals surface area contributed by atoms with Gasteiger partial charge in [-0.25, -0.2) is 4.79 Å². The fraction of sp³-hybridized carbons (Fsp3) is 0.185. The highest BCUT2D eigenvalue weighted by atomic mass is 35.5. The average molecular weight is 496 g/mol. The van der Waals surface area contributed by atoms with Gasteiger partial charge in [-0.3, -0.25) is 10.1 Å². The number of rotatable bonds is 5. The third-order valence-electron chi connectivity index (χ3n) is 4.71. The molecule has 1 N–H and O–H groups in total. The van der Waals surface area contributed by atoms with Crippen molar-refractivity contribution in [2.24, 2.45) is 0 Å². The first kappa shape index (κ1) is 25.6. The Kier molecular flexibility index (Phi) is 8.75. The maximum atomic E-state index is 12.6. The Balaban J connectivity index is 0.000000214. The fourth-order valence-electron chi connectivity index (χ4n) is 3.23. The van der Waals surface area contributed by atoms with Crippen LogP contribution in [0.2, 0.25) is 5.02 Å². The summed E-state index contributed by atoms with van der Waals surface area (Å²) in [6.45, 7) is 3.58. The summed E-state index contributed by atoms with van der Waals surface area (Å²) < 4.78 is 21.4. The van der Waals surface area contributed by atoms with Gasteiger partial charge >= 0.3 is 6.09 Å². The zero-order chi connectivity index (χ0) is 25.4. The van der Waals surface area contributed by atoms with Crippen LogP contribution in [0.5, 0.6) is 11.5 Å². The Labute approximate surface area is 208 Å². The second-order valence-corrected chi connectivity index (χ2v) is 8.02. The number of fused-ring (bicyclic) bond motifs is 1. The number of benzene rings is 3. The molecule has 4 aromatic rings. The van der Waals surface area contributed by atoms with E-state index in [4.69, 9.17) is 30.2 Å². The number of halogens is 1. The number of anilines is 1. The summed E-state index contributed by atoms with van der Waals surface area (Å²) in [5, 5.41) is 3.58. The molecule has 7 nitrogen and oxygen atoms in total. The standard InChI is InChI=1S/C17H14O4.C10H12ClNO2/c1-19-13-10-6-9-12-14(18)17(20-2)15(21-16(12)13)11-7-4-3-5-8-11;1-7(2)14-10(13)12-9-5-3-4-8(11)6-9/h3-10H,1-2H3;3-7H,1-2H3,(H,12,13). The Morgan fingerprint density at radius 3 is 2.29 bits per heavy atom. The van der Waals surface area contributed by atoms with Crippen LogP contribution in [0.3, 0.4) is 0 Å².